The quantitative estimate of drug-likeness (QED) is 0.613. The van der Waals surface area contributed by atoms with E-state index in [1.165, 1.54) is 12.7 Å². The second-order valence-electron chi connectivity index (χ2n) is 3.34. The number of carbonyl (C=O) groups excluding carboxylic acids is 2. The van der Waals surface area contributed by atoms with E-state index in [4.69, 9.17) is 0 Å². The van der Waals surface area contributed by atoms with Gasteiger partial charge in [-0.1, -0.05) is 31.2 Å². The lowest BCUT2D eigenvalue weighted by atomic mass is 10.1. The van der Waals surface area contributed by atoms with Crippen LogP contribution in [0.15, 0.2) is 24.3 Å². The molecular weight excluding hydrogens is 206 g/mol. The summed E-state index contributed by atoms with van der Waals surface area (Å²) in [5.41, 5.74) is 2.19. The van der Waals surface area contributed by atoms with Crippen LogP contribution in [0.1, 0.15) is 18.1 Å². The molecule has 0 aliphatic carbocycles. The van der Waals surface area contributed by atoms with E-state index in [1.54, 1.807) is 0 Å². The van der Waals surface area contributed by atoms with Crippen LogP contribution in [-0.2, 0) is 27.3 Å². The Kier molecular flexibility index (Phi) is 4.51. The molecule has 1 aromatic rings. The normalized spacial score (nSPS) is 9.62. The lowest BCUT2D eigenvalue weighted by molar-refractivity contribution is -0.152. The van der Waals surface area contributed by atoms with Crippen molar-refractivity contribution < 1.29 is 14.3 Å². The van der Waals surface area contributed by atoms with E-state index in [0.717, 1.165) is 12.0 Å². The lowest BCUT2D eigenvalue weighted by Crippen LogP contribution is -2.31. The van der Waals surface area contributed by atoms with Crippen molar-refractivity contribution in [1.82, 2.24) is 5.32 Å². The van der Waals surface area contributed by atoms with Crippen molar-refractivity contribution in [3.8, 4) is 0 Å². The smallest absolute Gasteiger partial charge is 0.396 e. The van der Waals surface area contributed by atoms with Gasteiger partial charge in [-0.3, -0.25) is 4.79 Å². The van der Waals surface area contributed by atoms with Crippen molar-refractivity contribution in [1.29, 1.82) is 0 Å². The number of methoxy groups -OCH3 is 1. The molecule has 0 aliphatic heterocycles. The first-order chi connectivity index (χ1) is 7.67. The highest BCUT2D eigenvalue weighted by molar-refractivity contribution is 6.32. The molecule has 1 N–H and O–H groups in total. The fourth-order valence-electron chi connectivity index (χ4n) is 1.24. The Morgan fingerprint density at radius 3 is 2.25 bits per heavy atom. The number of amides is 1. The van der Waals surface area contributed by atoms with E-state index >= 15 is 0 Å². The number of hydrogen-bond donors (Lipinski definition) is 1. The Hall–Kier alpha value is -1.84. The third kappa shape index (κ3) is 3.38. The number of rotatable bonds is 3. The van der Waals surface area contributed by atoms with Crippen LogP contribution < -0.4 is 5.32 Å². The molecule has 0 fully saturated rings. The van der Waals surface area contributed by atoms with E-state index in [1.807, 2.05) is 24.3 Å². The van der Waals surface area contributed by atoms with E-state index in [0.29, 0.717) is 6.54 Å². The standard InChI is InChI=1S/C12H15NO3/c1-3-9-4-6-10(7-5-9)8-13-11(14)12(15)16-2/h4-7H,3,8H2,1-2H3,(H,13,14). The van der Waals surface area contributed by atoms with Gasteiger partial charge in [0.2, 0.25) is 0 Å². The zero-order valence-corrected chi connectivity index (χ0v) is 9.45. The summed E-state index contributed by atoms with van der Waals surface area (Å²) in [6.07, 6.45) is 0.981. The maximum atomic E-state index is 11.1. The van der Waals surface area contributed by atoms with Crippen LogP contribution in [0.25, 0.3) is 0 Å². The molecule has 1 amide bonds. The molecule has 0 heterocycles. The van der Waals surface area contributed by atoms with Gasteiger partial charge in [-0.05, 0) is 17.5 Å². The first-order valence-electron chi connectivity index (χ1n) is 5.11. The Morgan fingerprint density at radius 2 is 1.75 bits per heavy atom. The number of carbonyl (C=O) groups is 2. The molecule has 0 aromatic heterocycles. The molecule has 86 valence electrons. The number of esters is 1. The van der Waals surface area contributed by atoms with Crippen LogP contribution in [0, 0.1) is 0 Å². The summed E-state index contributed by atoms with van der Waals surface area (Å²) in [6.45, 7) is 2.41. The highest BCUT2D eigenvalue weighted by Gasteiger charge is 2.12. The molecule has 0 unspecified atom stereocenters. The average Bonchev–Trinajstić information content (AvgIpc) is 2.35. The van der Waals surface area contributed by atoms with Crippen LogP contribution >= 0.6 is 0 Å². The van der Waals surface area contributed by atoms with Crippen molar-refractivity contribution in [2.45, 2.75) is 19.9 Å². The topological polar surface area (TPSA) is 55.4 Å². The van der Waals surface area contributed by atoms with Gasteiger partial charge in [0, 0.05) is 6.54 Å². The Morgan fingerprint density at radius 1 is 1.19 bits per heavy atom. The van der Waals surface area contributed by atoms with Gasteiger partial charge in [0.1, 0.15) is 0 Å². The van der Waals surface area contributed by atoms with E-state index < -0.39 is 11.9 Å². The molecule has 0 radical (unpaired) electrons. The molecule has 4 nitrogen and oxygen atoms in total. The summed E-state index contributed by atoms with van der Waals surface area (Å²) >= 11 is 0. The van der Waals surface area contributed by atoms with Crippen molar-refractivity contribution >= 4 is 11.9 Å². The molecule has 0 saturated carbocycles. The Labute approximate surface area is 94.6 Å². The largest absolute Gasteiger partial charge is 0.462 e. The zero-order chi connectivity index (χ0) is 12.0. The molecule has 4 heteroatoms. The highest BCUT2D eigenvalue weighted by Crippen LogP contribution is 2.04. The van der Waals surface area contributed by atoms with Crippen LogP contribution in [-0.4, -0.2) is 19.0 Å². The van der Waals surface area contributed by atoms with Gasteiger partial charge in [0.05, 0.1) is 7.11 Å². The first kappa shape index (κ1) is 12.2. The SMILES string of the molecule is CCc1ccc(CNC(=O)C(=O)OC)cc1. The average molecular weight is 221 g/mol. The van der Waals surface area contributed by atoms with Crippen molar-refractivity contribution in [2.75, 3.05) is 7.11 Å². The predicted molar refractivity (Wildman–Crippen MR) is 59.7 cm³/mol. The number of nitrogens with one attached hydrogen (secondary N) is 1. The van der Waals surface area contributed by atoms with E-state index in [-0.39, 0.29) is 0 Å². The summed E-state index contributed by atoms with van der Waals surface area (Å²) in [6, 6.07) is 7.85. The Balaban J connectivity index is 2.48. The summed E-state index contributed by atoms with van der Waals surface area (Å²) in [4.78, 5) is 21.9. The molecule has 0 spiro atoms. The minimum atomic E-state index is -0.870. The highest BCUT2D eigenvalue weighted by atomic mass is 16.5. The summed E-state index contributed by atoms with van der Waals surface area (Å²) in [5.74, 6) is -1.59. The molecule has 0 aliphatic rings. The molecular formula is C12H15NO3. The number of benzene rings is 1. The monoisotopic (exact) mass is 221 g/mol. The molecule has 0 atom stereocenters. The molecule has 1 rings (SSSR count). The third-order valence-corrected chi connectivity index (χ3v) is 2.26. The van der Waals surface area contributed by atoms with Gasteiger partial charge in [-0.25, -0.2) is 4.79 Å². The maximum Gasteiger partial charge on any atom is 0.396 e. The molecule has 1 aromatic carbocycles. The van der Waals surface area contributed by atoms with Crippen molar-refractivity contribution in [3.05, 3.63) is 35.4 Å². The number of aryl methyl sites for hydroxylation is 1. The van der Waals surface area contributed by atoms with Crippen LogP contribution in [0.4, 0.5) is 0 Å². The predicted octanol–water partition coefficient (Wildman–Crippen LogP) is 1.04. The number of hydrogen-bond acceptors (Lipinski definition) is 3. The van der Waals surface area contributed by atoms with Crippen molar-refractivity contribution in [2.24, 2.45) is 0 Å². The van der Waals surface area contributed by atoms with Gasteiger partial charge >= 0.3 is 11.9 Å². The fraction of sp³-hybridized carbons (Fsp3) is 0.333. The summed E-state index contributed by atoms with van der Waals surface area (Å²) in [7, 11) is 1.18. The summed E-state index contributed by atoms with van der Waals surface area (Å²) in [5, 5.41) is 2.47. The molecule has 0 saturated heterocycles. The van der Waals surface area contributed by atoms with E-state index in [9.17, 15) is 9.59 Å². The minimum absolute atomic E-state index is 0.331. The van der Waals surface area contributed by atoms with Crippen LogP contribution in [0.3, 0.4) is 0 Å². The second-order valence-corrected chi connectivity index (χ2v) is 3.34. The number of ether oxygens (including phenoxy) is 1. The van der Waals surface area contributed by atoms with Crippen LogP contribution in [0.2, 0.25) is 0 Å². The van der Waals surface area contributed by atoms with Gasteiger partial charge in [-0.15, -0.1) is 0 Å². The van der Waals surface area contributed by atoms with Gasteiger partial charge in [-0.2, -0.15) is 0 Å². The Bertz CT molecular complexity index is 370. The molecule has 16 heavy (non-hydrogen) atoms. The fourth-order valence-corrected chi connectivity index (χ4v) is 1.24. The van der Waals surface area contributed by atoms with E-state index in [2.05, 4.69) is 17.0 Å². The van der Waals surface area contributed by atoms with Gasteiger partial charge in [0.25, 0.3) is 0 Å². The van der Waals surface area contributed by atoms with Gasteiger partial charge in [0.15, 0.2) is 0 Å². The van der Waals surface area contributed by atoms with Gasteiger partial charge < -0.3 is 10.1 Å². The minimum Gasteiger partial charge on any atom is -0.462 e. The molecule has 0 bridgehead atoms. The second kappa shape index (κ2) is 5.90. The summed E-state index contributed by atoms with van der Waals surface area (Å²) < 4.78 is 4.29. The van der Waals surface area contributed by atoms with Crippen molar-refractivity contribution in [3.63, 3.8) is 0 Å². The van der Waals surface area contributed by atoms with Crippen LogP contribution in [0.5, 0.6) is 0 Å². The first-order valence-corrected chi connectivity index (χ1v) is 5.11. The zero-order valence-electron chi connectivity index (χ0n) is 9.45. The third-order valence-electron chi connectivity index (χ3n) is 2.26. The maximum absolute atomic E-state index is 11.1. The lowest BCUT2D eigenvalue weighted by Gasteiger charge is -2.04.